The number of pyridine rings is 2. The van der Waals surface area contributed by atoms with Crippen LogP contribution in [-0.4, -0.2) is 84.2 Å². The average molecular weight is 992 g/mol. The van der Waals surface area contributed by atoms with Crippen molar-refractivity contribution in [2.75, 3.05) is 26.2 Å². The Morgan fingerprint density at radius 1 is 0.710 bits per heavy atom. The number of carbonyl (C=O) groups excluding carboxylic acids is 2. The number of aromatic nitrogens is 2. The minimum Gasteiger partial charge on any atom is -0.452 e. The molecule has 6 aliphatic heterocycles. The minimum atomic E-state index is -0.736. The monoisotopic (exact) mass is 990 g/mol. The first-order valence-corrected chi connectivity index (χ1v) is 23.8. The number of para-hydroxylation sites is 2. The van der Waals surface area contributed by atoms with Crippen molar-refractivity contribution in [3.8, 4) is 0 Å². The topological polar surface area (TPSA) is 182 Å². The van der Waals surface area contributed by atoms with Crippen LogP contribution in [0.3, 0.4) is 0 Å². The fourth-order valence-electron chi connectivity index (χ4n) is 10.4. The van der Waals surface area contributed by atoms with Crippen molar-refractivity contribution < 1.29 is 29.3 Å². The number of nitro groups is 2. The van der Waals surface area contributed by atoms with Crippen LogP contribution in [0.1, 0.15) is 69.7 Å². The van der Waals surface area contributed by atoms with Crippen LogP contribution in [0.25, 0.3) is 21.8 Å². The van der Waals surface area contributed by atoms with Crippen molar-refractivity contribution in [3.63, 3.8) is 0 Å². The molecule has 12 rings (SSSR count). The SMILES string of the molecule is C=C[C@H]1CN2CC[C@H]1C[C@H]2[C@H](O)c1ccnc2ccccc12.C=C[C@H]1CN2CC[C@H]1C[C@H]2[C@H](OC(=O)c1ccc([N+](=O)[O-])cc1Cl)c1ccnc2ccccc12.O=C(Cl)c1ccc([N+](=O)[O-])cc1Cl. The zero-order valence-electron chi connectivity index (χ0n) is 37.4. The fraction of sp³-hybridized carbons (Fsp3) is 0.308. The van der Waals surface area contributed by atoms with Gasteiger partial charge >= 0.3 is 5.97 Å². The van der Waals surface area contributed by atoms with Crippen molar-refractivity contribution in [2.45, 2.75) is 50.0 Å². The summed E-state index contributed by atoms with van der Waals surface area (Å²) in [4.78, 5) is 57.9. The number of nitrogens with zero attached hydrogens (tertiary/aromatic N) is 6. The van der Waals surface area contributed by atoms with Gasteiger partial charge in [-0.3, -0.25) is 44.8 Å². The lowest BCUT2D eigenvalue weighted by molar-refractivity contribution is -0.385. The maximum atomic E-state index is 13.3. The van der Waals surface area contributed by atoms with Gasteiger partial charge in [-0.2, -0.15) is 0 Å². The Labute approximate surface area is 413 Å². The number of aliphatic hydroxyl groups is 1. The number of carbonyl (C=O) groups is 2. The Hall–Kier alpha value is -6.13. The molecule has 14 nitrogen and oxygen atoms in total. The predicted octanol–water partition coefficient (Wildman–Crippen LogP) is 11.4. The van der Waals surface area contributed by atoms with E-state index in [0.717, 1.165) is 84.4 Å². The van der Waals surface area contributed by atoms with Crippen molar-refractivity contribution in [1.29, 1.82) is 0 Å². The molecule has 2 unspecified atom stereocenters. The van der Waals surface area contributed by atoms with Gasteiger partial charge in [-0.1, -0.05) is 71.8 Å². The average Bonchev–Trinajstić information content (AvgIpc) is 3.37. The third kappa shape index (κ3) is 10.7. The lowest BCUT2D eigenvalue weighted by Gasteiger charge is -2.51. The Balaban J connectivity index is 0.000000156. The number of hydrogen-bond acceptors (Lipinski definition) is 12. The second kappa shape index (κ2) is 21.7. The van der Waals surface area contributed by atoms with Crippen LogP contribution >= 0.6 is 34.8 Å². The number of esters is 1. The summed E-state index contributed by atoms with van der Waals surface area (Å²) in [5.74, 6) is 1.58. The van der Waals surface area contributed by atoms with Gasteiger partial charge in [0.05, 0.1) is 54.2 Å². The van der Waals surface area contributed by atoms with Crippen LogP contribution in [-0.2, 0) is 4.74 Å². The highest BCUT2D eigenvalue weighted by atomic mass is 35.5. The van der Waals surface area contributed by atoms with Gasteiger partial charge in [0.15, 0.2) is 0 Å². The lowest BCUT2D eigenvalue weighted by atomic mass is 9.73. The number of piperidine rings is 6. The van der Waals surface area contributed by atoms with E-state index in [1.54, 1.807) is 6.20 Å². The van der Waals surface area contributed by atoms with Crippen molar-refractivity contribution in [1.82, 2.24) is 19.8 Å². The number of rotatable bonds is 11. The lowest BCUT2D eigenvalue weighted by Crippen LogP contribution is -2.55. The summed E-state index contributed by atoms with van der Waals surface area (Å²) < 4.78 is 6.18. The van der Waals surface area contributed by atoms with E-state index in [9.17, 15) is 34.9 Å². The van der Waals surface area contributed by atoms with Gasteiger partial charge in [0.1, 0.15) is 6.10 Å². The third-order valence-electron chi connectivity index (χ3n) is 14.0. The normalized spacial score (nSPS) is 24.1. The summed E-state index contributed by atoms with van der Waals surface area (Å²) >= 11 is 16.9. The Kier molecular flexibility index (Phi) is 15.5. The zero-order chi connectivity index (χ0) is 48.9. The molecule has 8 heterocycles. The predicted molar refractivity (Wildman–Crippen MR) is 267 cm³/mol. The molecular weight excluding hydrogens is 943 g/mol. The molecule has 10 atom stereocenters. The van der Waals surface area contributed by atoms with Gasteiger partial charge in [0.25, 0.3) is 16.6 Å². The first-order valence-electron chi connectivity index (χ1n) is 22.6. The molecule has 0 amide bonds. The van der Waals surface area contributed by atoms with Gasteiger partial charge < -0.3 is 9.84 Å². The van der Waals surface area contributed by atoms with Crippen LogP contribution < -0.4 is 0 Å². The smallest absolute Gasteiger partial charge is 0.340 e. The maximum Gasteiger partial charge on any atom is 0.340 e. The summed E-state index contributed by atoms with van der Waals surface area (Å²) in [6, 6.07) is 27.2. The molecule has 2 aromatic heterocycles. The summed E-state index contributed by atoms with van der Waals surface area (Å²) in [6.07, 6.45) is 11.0. The van der Waals surface area contributed by atoms with Crippen LogP contribution in [0.15, 0.2) is 135 Å². The van der Waals surface area contributed by atoms with E-state index in [-0.39, 0.29) is 44.6 Å². The second-order valence-electron chi connectivity index (χ2n) is 17.7. The largest absolute Gasteiger partial charge is 0.452 e. The first-order chi connectivity index (χ1) is 33.3. The van der Waals surface area contributed by atoms with Gasteiger partial charge in [-0.15, -0.1) is 13.2 Å². The van der Waals surface area contributed by atoms with Crippen LogP contribution in [0.5, 0.6) is 0 Å². The fourth-order valence-corrected chi connectivity index (χ4v) is 11.2. The van der Waals surface area contributed by atoms with Gasteiger partial charge in [-0.05, 0) is 116 Å². The molecule has 0 spiro atoms. The van der Waals surface area contributed by atoms with Crippen LogP contribution in [0.2, 0.25) is 10.0 Å². The quantitative estimate of drug-likeness (QED) is 0.0427. The summed E-state index contributed by atoms with van der Waals surface area (Å²) in [5, 5.41) is 33.6. The number of nitro benzene ring substituents is 2. The molecule has 4 aromatic carbocycles. The molecule has 6 aliphatic rings. The molecule has 0 radical (unpaired) electrons. The van der Waals surface area contributed by atoms with Crippen molar-refractivity contribution in [2.24, 2.45) is 23.7 Å². The molecule has 356 valence electrons. The maximum absolute atomic E-state index is 13.3. The van der Waals surface area contributed by atoms with E-state index in [1.807, 2.05) is 66.9 Å². The number of fused-ring (bicyclic) bond motifs is 8. The van der Waals surface area contributed by atoms with Crippen molar-refractivity contribution >= 4 is 79.2 Å². The number of ether oxygens (including phenoxy) is 1. The third-order valence-corrected chi connectivity index (χ3v) is 14.8. The molecule has 1 N–H and O–H groups in total. The molecule has 6 aromatic rings. The molecule has 0 saturated carbocycles. The number of non-ortho nitro benzene ring substituents is 2. The Morgan fingerprint density at radius 3 is 1.65 bits per heavy atom. The van der Waals surface area contributed by atoms with E-state index < -0.39 is 33.3 Å². The van der Waals surface area contributed by atoms with Gasteiger partial charge in [-0.25, -0.2) is 4.79 Å². The standard InChI is InChI=1S/C26H24ClN3O4.C19H22N2O.C7H3Cl2NO3/c1-2-16-15-29-12-10-17(16)13-24(29)25(20-9-11-28-23-6-4-3-5-19(20)23)34-26(31)21-8-7-18(30(32)33)14-22(21)27;1-2-13-12-21-10-8-14(13)11-18(21)19(22)16-7-9-20-17-6-4-3-5-15(16)17;8-6-3-4(10(12)13)1-2-5(6)7(9)11/h2-9,11,14,16-17,24-25H,1,10,12-13,15H2;2-7,9,13-14,18-19,22H,1,8,10-12H2;1-3H/t16-,17-,24-,25+;13-,14-,18-,19+;/m00./s1. The highest BCUT2D eigenvalue weighted by molar-refractivity contribution is 6.68. The number of aliphatic hydroxyl groups excluding tert-OH is 1. The molecule has 17 heteroatoms. The molecular formula is C52H49Cl3N6O8. The second-order valence-corrected chi connectivity index (χ2v) is 18.9. The number of hydrogen-bond donors (Lipinski definition) is 1. The Bertz CT molecular complexity index is 2930. The van der Waals surface area contributed by atoms with E-state index in [2.05, 4.69) is 45.1 Å². The molecule has 0 aliphatic carbocycles. The summed E-state index contributed by atoms with van der Waals surface area (Å²) in [6.45, 7) is 11.9. The highest BCUT2D eigenvalue weighted by Gasteiger charge is 2.45. The van der Waals surface area contributed by atoms with E-state index in [1.165, 1.54) is 36.8 Å². The number of benzene rings is 4. The summed E-state index contributed by atoms with van der Waals surface area (Å²) in [5.41, 5.74) is 3.51. The molecule has 4 bridgehead atoms. The van der Waals surface area contributed by atoms with Crippen LogP contribution in [0.4, 0.5) is 11.4 Å². The summed E-state index contributed by atoms with van der Waals surface area (Å²) in [7, 11) is 0. The van der Waals surface area contributed by atoms with E-state index in [0.29, 0.717) is 23.7 Å². The van der Waals surface area contributed by atoms with E-state index >= 15 is 0 Å². The molecule has 69 heavy (non-hydrogen) atoms. The highest BCUT2D eigenvalue weighted by Crippen LogP contribution is 2.45. The van der Waals surface area contributed by atoms with Gasteiger partial charge in [0, 0.05) is 72.1 Å². The molecule has 6 fully saturated rings. The van der Waals surface area contributed by atoms with Crippen LogP contribution in [0, 0.1) is 43.9 Å². The van der Waals surface area contributed by atoms with E-state index in [4.69, 9.17) is 39.5 Å². The number of halogens is 3. The van der Waals surface area contributed by atoms with Crippen molar-refractivity contribution in [3.05, 3.63) is 187 Å². The minimum absolute atomic E-state index is 0.00142. The zero-order valence-corrected chi connectivity index (χ0v) is 39.6. The molecule has 6 saturated heterocycles. The Morgan fingerprint density at radius 2 is 1.19 bits per heavy atom. The van der Waals surface area contributed by atoms with Gasteiger partial charge in [0.2, 0.25) is 0 Å². The first kappa shape index (κ1) is 49.3.